The van der Waals surface area contributed by atoms with Crippen LogP contribution in [0.1, 0.15) is 20.3 Å². The van der Waals surface area contributed by atoms with Gasteiger partial charge in [0, 0.05) is 35.2 Å². The van der Waals surface area contributed by atoms with E-state index in [0.29, 0.717) is 13.2 Å². The average molecular weight is 400 g/mol. The quantitative estimate of drug-likeness (QED) is 0.313. The molecule has 3 aliphatic heterocycles. The number of thioether (sulfide) groups is 1. The van der Waals surface area contributed by atoms with Gasteiger partial charge in [0.25, 0.3) is 0 Å². The number of rotatable bonds is 9. The number of carbonyl (C=O) groups excluding carboxylic acids is 1. The van der Waals surface area contributed by atoms with Crippen molar-refractivity contribution in [1.82, 2.24) is 15.5 Å². The van der Waals surface area contributed by atoms with Gasteiger partial charge in [0.15, 0.2) is 0 Å². The van der Waals surface area contributed by atoms with Crippen LogP contribution in [0.25, 0.3) is 0 Å². The Bertz CT molecular complexity index is 626. The molecule has 0 aromatic carbocycles. The predicted molar refractivity (Wildman–Crippen MR) is 102 cm³/mol. The Kier molecular flexibility index (Phi) is 6.47. The summed E-state index contributed by atoms with van der Waals surface area (Å²) < 4.78 is 5.63. The summed E-state index contributed by atoms with van der Waals surface area (Å²) in [7, 11) is 1.89. The molecule has 152 valence electrons. The fourth-order valence-corrected chi connectivity index (χ4v) is 5.78. The van der Waals surface area contributed by atoms with Crippen LogP contribution in [0.3, 0.4) is 0 Å². The van der Waals surface area contributed by atoms with Crippen LogP contribution in [0.4, 0.5) is 0 Å². The minimum absolute atomic E-state index is 0.0793. The second-order valence-corrected chi connectivity index (χ2v) is 8.87. The van der Waals surface area contributed by atoms with Gasteiger partial charge in [-0.05, 0) is 20.4 Å². The van der Waals surface area contributed by atoms with Gasteiger partial charge in [-0.25, -0.2) is 4.79 Å². The molecule has 0 bridgehead atoms. The number of carboxylic acids is 1. The number of nitrogens with zero attached hydrogens (tertiary/aromatic N) is 1. The summed E-state index contributed by atoms with van der Waals surface area (Å²) in [6, 6.07) is 0.00922. The Morgan fingerprint density at radius 2 is 2.26 bits per heavy atom. The molecule has 2 saturated heterocycles. The molecule has 0 radical (unpaired) electrons. The van der Waals surface area contributed by atoms with Crippen molar-refractivity contribution in [3.05, 3.63) is 10.6 Å². The van der Waals surface area contributed by atoms with Crippen molar-refractivity contribution in [3.8, 4) is 0 Å². The SMILES string of the molecule is CNCCOC[C@@H]1C[C@H](SC2=C(C(=O)O)N3C(=O)[C@H]([C@@H](C)O)[C@H]3[C@H]2C)CN1. The number of aliphatic hydroxyl groups excluding tert-OH is 1. The maximum atomic E-state index is 12.4. The highest BCUT2D eigenvalue weighted by Crippen LogP contribution is 2.51. The van der Waals surface area contributed by atoms with Crippen LogP contribution in [0.5, 0.6) is 0 Å². The number of aliphatic carboxylic acids is 1. The van der Waals surface area contributed by atoms with Crippen LogP contribution in [0, 0.1) is 11.8 Å². The molecular formula is C18H29N3O5S. The maximum Gasteiger partial charge on any atom is 0.353 e. The highest BCUT2D eigenvalue weighted by Gasteiger charge is 2.60. The van der Waals surface area contributed by atoms with Gasteiger partial charge in [-0.1, -0.05) is 6.92 Å². The molecule has 3 aliphatic rings. The molecule has 27 heavy (non-hydrogen) atoms. The molecule has 0 spiro atoms. The van der Waals surface area contributed by atoms with Crippen LogP contribution >= 0.6 is 11.8 Å². The standard InChI is InChI=1S/C18H29N3O5S/c1-9-14-13(10(2)22)17(23)21(14)15(18(24)25)16(9)27-12-6-11(20-7-12)8-26-5-4-19-3/h9-14,19-20,22H,4-8H2,1-3H3,(H,24,25)/t9-,10-,11+,12+,13-,14-/m1/s1. The summed E-state index contributed by atoms with van der Waals surface area (Å²) in [5, 5.41) is 26.3. The number of ether oxygens (including phenoxy) is 1. The molecule has 4 N–H and O–H groups in total. The van der Waals surface area contributed by atoms with Crippen molar-refractivity contribution in [2.45, 2.75) is 43.7 Å². The monoisotopic (exact) mass is 399 g/mol. The van der Waals surface area contributed by atoms with Gasteiger partial charge in [-0.15, -0.1) is 11.8 Å². The zero-order chi connectivity index (χ0) is 19.7. The second-order valence-electron chi connectivity index (χ2n) is 7.53. The number of aliphatic hydroxyl groups is 1. The number of β-lactam (4-membered cyclic amide) rings is 1. The highest BCUT2D eigenvalue weighted by atomic mass is 32.2. The van der Waals surface area contributed by atoms with Crippen LogP contribution in [-0.4, -0.2) is 83.8 Å². The zero-order valence-electron chi connectivity index (χ0n) is 16.0. The van der Waals surface area contributed by atoms with Gasteiger partial charge in [0.2, 0.25) is 5.91 Å². The Morgan fingerprint density at radius 1 is 1.52 bits per heavy atom. The van der Waals surface area contributed by atoms with E-state index in [1.165, 1.54) is 4.90 Å². The van der Waals surface area contributed by atoms with Crippen LogP contribution in [0.15, 0.2) is 10.6 Å². The molecule has 0 aromatic rings. The average Bonchev–Trinajstić information content (AvgIpc) is 3.14. The number of hydrogen-bond donors (Lipinski definition) is 4. The van der Waals surface area contributed by atoms with E-state index in [9.17, 15) is 19.8 Å². The first-order valence-electron chi connectivity index (χ1n) is 9.47. The van der Waals surface area contributed by atoms with Crippen molar-refractivity contribution in [2.75, 3.05) is 33.4 Å². The third kappa shape index (κ3) is 3.88. The molecule has 0 saturated carbocycles. The number of likely N-dealkylation sites (N-methyl/N-ethyl adjacent to an activating group) is 1. The van der Waals surface area contributed by atoms with E-state index in [0.717, 1.165) is 24.4 Å². The van der Waals surface area contributed by atoms with E-state index in [1.807, 2.05) is 14.0 Å². The third-order valence-electron chi connectivity index (χ3n) is 5.60. The van der Waals surface area contributed by atoms with Crippen LogP contribution in [0.2, 0.25) is 0 Å². The summed E-state index contributed by atoms with van der Waals surface area (Å²) in [6.45, 7) is 6.45. The van der Waals surface area contributed by atoms with Crippen LogP contribution < -0.4 is 10.6 Å². The Hall–Kier alpha value is -1.13. The van der Waals surface area contributed by atoms with E-state index in [1.54, 1.807) is 18.7 Å². The smallest absolute Gasteiger partial charge is 0.353 e. The third-order valence-corrected chi connectivity index (χ3v) is 7.11. The number of hydrogen-bond acceptors (Lipinski definition) is 7. The molecule has 8 nitrogen and oxygen atoms in total. The summed E-state index contributed by atoms with van der Waals surface area (Å²) in [5.74, 6) is -1.94. The van der Waals surface area contributed by atoms with Gasteiger partial charge < -0.3 is 30.5 Å². The number of fused-ring (bicyclic) bond motifs is 1. The molecule has 0 aromatic heterocycles. The number of carboxylic acid groups (broad SMARTS) is 1. The Morgan fingerprint density at radius 3 is 2.89 bits per heavy atom. The van der Waals surface area contributed by atoms with E-state index in [4.69, 9.17) is 4.74 Å². The molecule has 0 aliphatic carbocycles. The van der Waals surface area contributed by atoms with Crippen molar-refractivity contribution < 1.29 is 24.5 Å². The lowest BCUT2D eigenvalue weighted by Crippen LogP contribution is -2.63. The van der Waals surface area contributed by atoms with Gasteiger partial charge in [-0.3, -0.25) is 4.79 Å². The topological polar surface area (TPSA) is 111 Å². The minimum Gasteiger partial charge on any atom is -0.477 e. The van der Waals surface area contributed by atoms with Gasteiger partial charge in [0.05, 0.1) is 31.3 Å². The molecular weight excluding hydrogens is 370 g/mol. The first-order chi connectivity index (χ1) is 12.9. The summed E-state index contributed by atoms with van der Waals surface area (Å²) in [6.07, 6.45) is 0.124. The fourth-order valence-electron chi connectivity index (χ4n) is 4.26. The number of nitrogens with one attached hydrogen (secondary N) is 2. The lowest BCUT2D eigenvalue weighted by molar-refractivity contribution is -0.163. The van der Waals surface area contributed by atoms with Crippen molar-refractivity contribution in [2.24, 2.45) is 11.8 Å². The Labute approximate surface area is 163 Å². The molecule has 1 amide bonds. The molecule has 6 atom stereocenters. The van der Waals surface area contributed by atoms with Crippen molar-refractivity contribution in [3.63, 3.8) is 0 Å². The summed E-state index contributed by atoms with van der Waals surface area (Å²) in [5.41, 5.74) is 0.105. The molecule has 0 unspecified atom stereocenters. The molecule has 9 heteroatoms. The fraction of sp³-hybridized carbons (Fsp3) is 0.778. The van der Waals surface area contributed by atoms with E-state index in [2.05, 4.69) is 10.6 Å². The lowest BCUT2D eigenvalue weighted by Gasteiger charge is -2.46. The van der Waals surface area contributed by atoms with Gasteiger partial charge in [0.1, 0.15) is 5.70 Å². The van der Waals surface area contributed by atoms with Gasteiger partial charge in [-0.2, -0.15) is 0 Å². The highest BCUT2D eigenvalue weighted by molar-refractivity contribution is 8.03. The first kappa shape index (κ1) is 20.6. The number of carbonyl (C=O) groups is 2. The minimum atomic E-state index is -1.07. The predicted octanol–water partition coefficient (Wildman–Crippen LogP) is -0.160. The normalized spacial score (nSPS) is 34.0. The molecule has 2 fully saturated rings. The van der Waals surface area contributed by atoms with Crippen molar-refractivity contribution in [1.29, 1.82) is 0 Å². The van der Waals surface area contributed by atoms with Gasteiger partial charge >= 0.3 is 5.97 Å². The second kappa shape index (κ2) is 8.48. The maximum absolute atomic E-state index is 12.4. The summed E-state index contributed by atoms with van der Waals surface area (Å²) in [4.78, 5) is 26.4. The zero-order valence-corrected chi connectivity index (χ0v) is 16.8. The number of amides is 1. The van der Waals surface area contributed by atoms with E-state index < -0.39 is 18.0 Å². The Balaban J connectivity index is 1.64. The van der Waals surface area contributed by atoms with Crippen molar-refractivity contribution >= 4 is 23.6 Å². The lowest BCUT2D eigenvalue weighted by atomic mass is 9.79. The summed E-state index contributed by atoms with van der Waals surface area (Å²) >= 11 is 1.56. The first-order valence-corrected chi connectivity index (χ1v) is 10.4. The van der Waals surface area contributed by atoms with E-state index in [-0.39, 0.29) is 34.9 Å². The van der Waals surface area contributed by atoms with E-state index >= 15 is 0 Å². The van der Waals surface area contributed by atoms with Crippen LogP contribution in [-0.2, 0) is 14.3 Å². The molecule has 3 rings (SSSR count). The molecule has 3 heterocycles. The largest absolute Gasteiger partial charge is 0.477 e.